The number of aromatic nitrogens is 2. The molecule has 0 amide bonds. The van der Waals surface area contributed by atoms with Gasteiger partial charge in [-0.05, 0) is 42.8 Å². The third-order valence-electron chi connectivity index (χ3n) is 5.56. The first-order chi connectivity index (χ1) is 14.9. The lowest BCUT2D eigenvalue weighted by Crippen LogP contribution is -2.23. The van der Waals surface area contributed by atoms with Crippen molar-refractivity contribution in [1.82, 2.24) is 15.1 Å². The summed E-state index contributed by atoms with van der Waals surface area (Å²) in [6.45, 7) is 0.409. The Morgan fingerprint density at radius 3 is 2.81 bits per heavy atom. The fourth-order valence-corrected chi connectivity index (χ4v) is 3.71. The predicted octanol–water partition coefficient (Wildman–Crippen LogP) is 4.18. The second-order valence-electron chi connectivity index (χ2n) is 7.73. The van der Waals surface area contributed by atoms with E-state index in [0.29, 0.717) is 11.2 Å². The molecule has 2 aromatic carbocycles. The standard InChI is InChI=1S/C23H23F3N4O/c1-30-9-7-15(8-10-30)16-5-6-20-18(11-16)21(13-28-29-20)27-12-17-3-2-4-19(22(17)24)23(25,26)14-31/h2-7,11,13,31H,8-10,12,14H2,1H3,(H,27,29). The van der Waals surface area contributed by atoms with Crippen molar-refractivity contribution in [3.63, 3.8) is 0 Å². The van der Waals surface area contributed by atoms with Crippen LogP contribution in [0.3, 0.4) is 0 Å². The van der Waals surface area contributed by atoms with Crippen LogP contribution in [-0.4, -0.2) is 46.9 Å². The van der Waals surface area contributed by atoms with E-state index in [2.05, 4.69) is 33.5 Å². The fraction of sp³-hybridized carbons (Fsp3) is 0.304. The first-order valence-corrected chi connectivity index (χ1v) is 10.0. The molecule has 0 atom stereocenters. The van der Waals surface area contributed by atoms with Gasteiger partial charge in [-0.1, -0.05) is 24.3 Å². The molecule has 2 N–H and O–H groups in total. The van der Waals surface area contributed by atoms with Crippen LogP contribution in [0.1, 0.15) is 23.1 Å². The third-order valence-corrected chi connectivity index (χ3v) is 5.56. The van der Waals surface area contributed by atoms with Crippen LogP contribution >= 0.6 is 0 Å². The van der Waals surface area contributed by atoms with E-state index in [1.807, 2.05) is 18.2 Å². The summed E-state index contributed by atoms with van der Waals surface area (Å²) in [5, 5.41) is 20.9. The maximum Gasteiger partial charge on any atom is 0.298 e. The third kappa shape index (κ3) is 4.40. The summed E-state index contributed by atoms with van der Waals surface area (Å²) in [4.78, 5) is 2.24. The predicted molar refractivity (Wildman–Crippen MR) is 114 cm³/mol. The maximum absolute atomic E-state index is 14.6. The molecule has 0 aliphatic carbocycles. The Bertz CT molecular complexity index is 1130. The van der Waals surface area contributed by atoms with E-state index in [9.17, 15) is 13.2 Å². The van der Waals surface area contributed by atoms with Crippen LogP contribution in [0.25, 0.3) is 16.5 Å². The number of nitrogens with one attached hydrogen (secondary N) is 1. The number of hydrogen-bond acceptors (Lipinski definition) is 5. The fourth-order valence-electron chi connectivity index (χ4n) is 3.71. The van der Waals surface area contributed by atoms with E-state index >= 15 is 0 Å². The Morgan fingerprint density at radius 2 is 2.06 bits per heavy atom. The largest absolute Gasteiger partial charge is 0.390 e. The molecule has 0 saturated carbocycles. The lowest BCUT2D eigenvalue weighted by atomic mass is 9.98. The van der Waals surface area contributed by atoms with Gasteiger partial charge in [0.15, 0.2) is 0 Å². The van der Waals surface area contributed by atoms with Crippen LogP contribution in [0, 0.1) is 5.82 Å². The topological polar surface area (TPSA) is 61.3 Å². The minimum atomic E-state index is -3.64. The van der Waals surface area contributed by atoms with Gasteiger partial charge in [-0.2, -0.15) is 19.0 Å². The van der Waals surface area contributed by atoms with E-state index in [0.717, 1.165) is 36.5 Å². The second-order valence-corrected chi connectivity index (χ2v) is 7.73. The number of nitrogens with zero attached hydrogens (tertiary/aromatic N) is 3. The number of aliphatic hydroxyl groups is 1. The molecule has 1 aromatic heterocycles. The lowest BCUT2D eigenvalue weighted by molar-refractivity contribution is -0.0583. The van der Waals surface area contributed by atoms with Crippen molar-refractivity contribution < 1.29 is 18.3 Å². The SMILES string of the molecule is CN1CC=C(c2ccc3nncc(NCc4cccc(C(F)(F)CO)c4F)c3c2)CC1. The summed E-state index contributed by atoms with van der Waals surface area (Å²) in [7, 11) is 2.08. The van der Waals surface area contributed by atoms with Crippen molar-refractivity contribution in [2.24, 2.45) is 0 Å². The number of likely N-dealkylation sites (N-methyl/N-ethyl adjacent to an activating group) is 1. The van der Waals surface area contributed by atoms with Gasteiger partial charge in [0, 0.05) is 30.6 Å². The maximum atomic E-state index is 14.6. The summed E-state index contributed by atoms with van der Waals surface area (Å²) in [6, 6.07) is 9.71. The van der Waals surface area contributed by atoms with E-state index in [1.165, 1.54) is 17.7 Å². The molecule has 3 aromatic rings. The number of aliphatic hydroxyl groups excluding tert-OH is 1. The number of fused-ring (bicyclic) bond motifs is 1. The van der Waals surface area contributed by atoms with Gasteiger partial charge in [-0.3, -0.25) is 0 Å². The number of hydrogen-bond donors (Lipinski definition) is 2. The molecule has 0 radical (unpaired) electrons. The first-order valence-electron chi connectivity index (χ1n) is 10.0. The molecule has 1 aliphatic heterocycles. The Morgan fingerprint density at radius 1 is 1.23 bits per heavy atom. The molecule has 2 heterocycles. The molecule has 0 spiro atoms. The highest BCUT2D eigenvalue weighted by Crippen LogP contribution is 2.32. The summed E-state index contributed by atoms with van der Waals surface area (Å²) >= 11 is 0. The van der Waals surface area contributed by atoms with Crippen molar-refractivity contribution in [1.29, 1.82) is 0 Å². The molecule has 0 bridgehead atoms. The van der Waals surface area contributed by atoms with Crippen LogP contribution < -0.4 is 5.32 Å². The molecule has 0 saturated heterocycles. The smallest absolute Gasteiger partial charge is 0.298 e. The number of benzene rings is 2. The molecule has 8 heteroatoms. The zero-order valence-electron chi connectivity index (χ0n) is 17.1. The average Bonchev–Trinajstić information content (AvgIpc) is 2.78. The van der Waals surface area contributed by atoms with Gasteiger partial charge in [0.1, 0.15) is 12.4 Å². The van der Waals surface area contributed by atoms with Crippen LogP contribution in [0.5, 0.6) is 0 Å². The highest BCUT2D eigenvalue weighted by molar-refractivity contribution is 5.92. The summed E-state index contributed by atoms with van der Waals surface area (Å²) < 4.78 is 42.3. The van der Waals surface area contributed by atoms with Crippen molar-refractivity contribution >= 4 is 22.2 Å². The zero-order valence-corrected chi connectivity index (χ0v) is 17.1. The number of alkyl halides is 2. The highest BCUT2D eigenvalue weighted by Gasteiger charge is 2.34. The van der Waals surface area contributed by atoms with Crippen molar-refractivity contribution in [3.8, 4) is 0 Å². The second kappa shape index (κ2) is 8.64. The minimum Gasteiger partial charge on any atom is -0.390 e. The lowest BCUT2D eigenvalue weighted by Gasteiger charge is -2.22. The van der Waals surface area contributed by atoms with Crippen molar-refractivity contribution in [3.05, 3.63) is 71.2 Å². The molecular formula is C23H23F3N4O. The van der Waals surface area contributed by atoms with E-state index in [4.69, 9.17) is 5.11 Å². The highest BCUT2D eigenvalue weighted by atomic mass is 19.3. The molecule has 4 rings (SSSR count). The van der Waals surface area contributed by atoms with Gasteiger partial charge in [0.05, 0.1) is 23.0 Å². The molecule has 0 fully saturated rings. The van der Waals surface area contributed by atoms with Crippen LogP contribution in [0.4, 0.5) is 18.9 Å². The van der Waals surface area contributed by atoms with Gasteiger partial charge in [-0.25, -0.2) is 4.39 Å². The Balaban J connectivity index is 1.62. The van der Waals surface area contributed by atoms with E-state index in [-0.39, 0.29) is 12.1 Å². The van der Waals surface area contributed by atoms with Crippen molar-refractivity contribution in [2.45, 2.75) is 18.9 Å². The molecule has 5 nitrogen and oxygen atoms in total. The van der Waals surface area contributed by atoms with Crippen molar-refractivity contribution in [2.75, 3.05) is 32.1 Å². The molecule has 1 aliphatic rings. The quantitative estimate of drug-likeness (QED) is 0.617. The normalized spacial score (nSPS) is 15.2. The first kappa shape index (κ1) is 21.3. The Kier molecular flexibility index (Phi) is 5.93. The van der Waals surface area contributed by atoms with Gasteiger partial charge in [-0.15, -0.1) is 0 Å². The number of anilines is 1. The van der Waals surface area contributed by atoms with E-state index < -0.39 is 23.9 Å². The van der Waals surface area contributed by atoms with Gasteiger partial charge in [0.2, 0.25) is 0 Å². The van der Waals surface area contributed by atoms with Crippen LogP contribution in [0.2, 0.25) is 0 Å². The Hall–Kier alpha value is -2.97. The van der Waals surface area contributed by atoms with Gasteiger partial charge in [0.25, 0.3) is 5.92 Å². The monoisotopic (exact) mass is 428 g/mol. The number of rotatable bonds is 6. The van der Waals surface area contributed by atoms with Gasteiger partial charge < -0.3 is 15.3 Å². The summed E-state index contributed by atoms with van der Waals surface area (Å²) in [5.74, 6) is -4.67. The number of halogens is 3. The molecular weight excluding hydrogens is 405 g/mol. The molecule has 162 valence electrons. The molecule has 0 unspecified atom stereocenters. The zero-order chi connectivity index (χ0) is 22.0. The summed E-state index contributed by atoms with van der Waals surface area (Å²) in [6.07, 6.45) is 4.69. The minimum absolute atomic E-state index is 0.0142. The van der Waals surface area contributed by atoms with E-state index in [1.54, 1.807) is 6.20 Å². The van der Waals surface area contributed by atoms with Crippen LogP contribution in [-0.2, 0) is 12.5 Å². The average molecular weight is 428 g/mol. The summed E-state index contributed by atoms with van der Waals surface area (Å²) in [5.41, 5.74) is 2.93. The van der Waals surface area contributed by atoms with Gasteiger partial charge >= 0.3 is 0 Å². The van der Waals surface area contributed by atoms with Crippen LogP contribution in [0.15, 0.2) is 48.7 Å². The molecule has 31 heavy (non-hydrogen) atoms. The Labute approximate surface area is 178 Å².